The summed E-state index contributed by atoms with van der Waals surface area (Å²) in [5, 5.41) is -0.0205. The molecule has 6 heteroatoms. The van der Waals surface area contributed by atoms with E-state index in [1.54, 1.807) is 0 Å². The van der Waals surface area contributed by atoms with Crippen LogP contribution in [-0.4, -0.2) is 13.9 Å². The summed E-state index contributed by atoms with van der Waals surface area (Å²) in [4.78, 5) is 0. The summed E-state index contributed by atoms with van der Waals surface area (Å²) in [6.45, 7) is -0.0939. The van der Waals surface area contributed by atoms with Crippen molar-refractivity contribution in [2.24, 2.45) is 0 Å². The van der Waals surface area contributed by atoms with E-state index in [4.69, 9.17) is 16.3 Å². The Balaban J connectivity index is 3.09. The lowest BCUT2D eigenvalue weighted by Crippen LogP contribution is -2.01. The van der Waals surface area contributed by atoms with E-state index in [9.17, 15) is 8.78 Å². The van der Waals surface area contributed by atoms with E-state index >= 15 is 0 Å². The zero-order valence-corrected chi connectivity index (χ0v) is 9.45. The van der Waals surface area contributed by atoms with Gasteiger partial charge in [0.1, 0.15) is 0 Å². The van der Waals surface area contributed by atoms with Gasteiger partial charge < -0.3 is 9.47 Å². The van der Waals surface area contributed by atoms with Gasteiger partial charge in [-0.25, -0.2) is 8.78 Å². The molecule has 14 heavy (non-hydrogen) atoms. The summed E-state index contributed by atoms with van der Waals surface area (Å²) in [5.41, 5.74) is 0. The van der Waals surface area contributed by atoms with Gasteiger partial charge in [-0.1, -0.05) is 11.6 Å². The van der Waals surface area contributed by atoms with Crippen molar-refractivity contribution in [3.63, 3.8) is 0 Å². The average molecular weight is 287 g/mol. The smallest absolute Gasteiger partial charge is 0.188 e. The standard InChI is InChI=1S/C8H6BrClF2O2/c1-13-3-14-8-4(10)2-5(11)7(12)6(8)9/h2H,3H2,1H3. The largest absolute Gasteiger partial charge is 0.465 e. The van der Waals surface area contributed by atoms with E-state index in [1.165, 1.54) is 7.11 Å². The molecule has 0 aromatic heterocycles. The third-order valence-electron chi connectivity index (χ3n) is 1.39. The molecule has 0 aliphatic heterocycles. The average Bonchev–Trinajstić information content (AvgIpc) is 2.14. The molecule has 0 aliphatic rings. The fourth-order valence-corrected chi connectivity index (χ4v) is 1.68. The third kappa shape index (κ3) is 2.34. The molecule has 78 valence electrons. The lowest BCUT2D eigenvalue weighted by molar-refractivity contribution is 0.0503. The second-order valence-corrected chi connectivity index (χ2v) is 3.55. The van der Waals surface area contributed by atoms with Crippen LogP contribution in [0.5, 0.6) is 5.75 Å². The molecule has 1 aromatic carbocycles. The maximum absolute atomic E-state index is 13.0. The van der Waals surface area contributed by atoms with Crippen LogP contribution in [0.25, 0.3) is 0 Å². The van der Waals surface area contributed by atoms with Gasteiger partial charge in [0.2, 0.25) is 0 Å². The molecule has 0 amide bonds. The number of hydrogen-bond acceptors (Lipinski definition) is 2. The van der Waals surface area contributed by atoms with Gasteiger partial charge in [-0.05, 0) is 22.0 Å². The zero-order valence-electron chi connectivity index (χ0n) is 7.11. The molecule has 1 aromatic rings. The predicted octanol–water partition coefficient (Wildman–Crippen LogP) is 3.36. The molecule has 0 spiro atoms. The summed E-state index contributed by atoms with van der Waals surface area (Å²) in [5.74, 6) is -2.06. The Morgan fingerprint density at radius 2 is 2.14 bits per heavy atom. The van der Waals surface area contributed by atoms with E-state index in [2.05, 4.69) is 20.7 Å². The van der Waals surface area contributed by atoms with Crippen LogP contribution in [0.15, 0.2) is 10.5 Å². The van der Waals surface area contributed by atoms with Gasteiger partial charge in [0, 0.05) is 7.11 Å². The number of halogens is 4. The summed E-state index contributed by atoms with van der Waals surface area (Å²) < 4.78 is 35.2. The molecule has 0 aliphatic carbocycles. The lowest BCUT2D eigenvalue weighted by Gasteiger charge is -2.09. The van der Waals surface area contributed by atoms with Crippen molar-refractivity contribution >= 4 is 27.5 Å². The molecule has 0 unspecified atom stereocenters. The Morgan fingerprint density at radius 3 is 2.71 bits per heavy atom. The Hall–Kier alpha value is -0.390. The summed E-state index contributed by atoms with van der Waals surface area (Å²) in [7, 11) is 1.40. The van der Waals surface area contributed by atoms with Crippen LogP contribution in [0.4, 0.5) is 8.78 Å². The first kappa shape index (κ1) is 11.7. The maximum Gasteiger partial charge on any atom is 0.188 e. The number of hydrogen-bond donors (Lipinski definition) is 0. The molecule has 0 atom stereocenters. The summed E-state index contributed by atoms with van der Waals surface area (Å²) in [6, 6.07) is 0.840. The van der Waals surface area contributed by atoms with Crippen molar-refractivity contribution in [3.8, 4) is 5.75 Å². The van der Waals surface area contributed by atoms with Crippen LogP contribution in [0.1, 0.15) is 0 Å². The van der Waals surface area contributed by atoms with Gasteiger partial charge in [0.15, 0.2) is 24.2 Å². The van der Waals surface area contributed by atoms with Crippen LogP contribution in [0.3, 0.4) is 0 Å². The Morgan fingerprint density at radius 1 is 1.50 bits per heavy atom. The Kier molecular flexibility index (Phi) is 4.10. The second kappa shape index (κ2) is 4.91. The first-order valence-corrected chi connectivity index (χ1v) is 4.69. The van der Waals surface area contributed by atoms with Gasteiger partial charge in [-0.15, -0.1) is 0 Å². The van der Waals surface area contributed by atoms with E-state index in [0.29, 0.717) is 0 Å². The molecule has 0 heterocycles. The quantitative estimate of drug-likeness (QED) is 0.482. The molecular weight excluding hydrogens is 281 g/mol. The molecule has 1 rings (SSSR count). The minimum Gasteiger partial charge on any atom is -0.465 e. The highest BCUT2D eigenvalue weighted by atomic mass is 79.9. The summed E-state index contributed by atoms with van der Waals surface area (Å²) >= 11 is 8.46. The fraction of sp³-hybridized carbons (Fsp3) is 0.250. The van der Waals surface area contributed by atoms with Crippen molar-refractivity contribution in [2.45, 2.75) is 0 Å². The molecule has 0 saturated heterocycles. The third-order valence-corrected chi connectivity index (χ3v) is 2.38. The highest BCUT2D eigenvalue weighted by Crippen LogP contribution is 2.36. The number of rotatable bonds is 3. The van der Waals surface area contributed by atoms with E-state index in [1.807, 2.05) is 0 Å². The first-order chi connectivity index (χ1) is 6.57. The summed E-state index contributed by atoms with van der Waals surface area (Å²) in [6.07, 6.45) is 0. The topological polar surface area (TPSA) is 18.5 Å². The Labute approximate surface area is 92.9 Å². The minimum absolute atomic E-state index is 0.0205. The highest BCUT2D eigenvalue weighted by molar-refractivity contribution is 9.10. The second-order valence-electron chi connectivity index (χ2n) is 2.35. The molecule has 0 N–H and O–H groups in total. The molecule has 2 nitrogen and oxygen atoms in total. The Bertz CT molecular complexity index is 347. The van der Waals surface area contributed by atoms with Gasteiger partial charge in [-0.3, -0.25) is 0 Å². The van der Waals surface area contributed by atoms with E-state index in [0.717, 1.165) is 6.07 Å². The van der Waals surface area contributed by atoms with E-state index < -0.39 is 11.6 Å². The van der Waals surface area contributed by atoms with Crippen molar-refractivity contribution in [1.82, 2.24) is 0 Å². The lowest BCUT2D eigenvalue weighted by atomic mass is 10.3. The van der Waals surface area contributed by atoms with Gasteiger partial charge in [0.05, 0.1) is 9.50 Å². The van der Waals surface area contributed by atoms with E-state index in [-0.39, 0.29) is 22.0 Å². The number of methoxy groups -OCH3 is 1. The number of ether oxygens (including phenoxy) is 2. The van der Waals surface area contributed by atoms with Crippen LogP contribution in [0, 0.1) is 11.6 Å². The molecular formula is C8H6BrClF2O2. The molecule has 0 bridgehead atoms. The van der Waals surface area contributed by atoms with Crippen LogP contribution in [-0.2, 0) is 4.74 Å². The van der Waals surface area contributed by atoms with Gasteiger partial charge in [-0.2, -0.15) is 0 Å². The molecule has 0 saturated carbocycles. The first-order valence-electron chi connectivity index (χ1n) is 3.52. The SMILES string of the molecule is COCOc1c(Cl)cc(F)c(F)c1Br. The van der Waals surface area contributed by atoms with Crippen molar-refractivity contribution in [1.29, 1.82) is 0 Å². The highest BCUT2D eigenvalue weighted by Gasteiger charge is 2.16. The predicted molar refractivity (Wildman–Crippen MR) is 51.6 cm³/mol. The minimum atomic E-state index is -1.04. The maximum atomic E-state index is 13.0. The monoisotopic (exact) mass is 286 g/mol. The van der Waals surface area contributed by atoms with Gasteiger partial charge in [0.25, 0.3) is 0 Å². The van der Waals surface area contributed by atoms with Crippen LogP contribution in [0.2, 0.25) is 5.02 Å². The fourth-order valence-electron chi connectivity index (χ4n) is 0.800. The van der Waals surface area contributed by atoms with Crippen molar-refractivity contribution in [2.75, 3.05) is 13.9 Å². The normalized spacial score (nSPS) is 10.4. The zero-order chi connectivity index (χ0) is 10.7. The van der Waals surface area contributed by atoms with Crippen LogP contribution >= 0.6 is 27.5 Å². The molecule has 0 radical (unpaired) electrons. The molecule has 0 fully saturated rings. The van der Waals surface area contributed by atoms with Crippen LogP contribution < -0.4 is 4.74 Å². The van der Waals surface area contributed by atoms with Gasteiger partial charge >= 0.3 is 0 Å². The number of benzene rings is 1. The van der Waals surface area contributed by atoms with Crippen molar-refractivity contribution in [3.05, 3.63) is 27.2 Å². The van der Waals surface area contributed by atoms with Crippen molar-refractivity contribution < 1.29 is 18.3 Å².